The van der Waals surface area contributed by atoms with Crippen molar-refractivity contribution in [3.8, 4) is 23.0 Å². The number of hydrogen-bond acceptors (Lipinski definition) is 4. The summed E-state index contributed by atoms with van der Waals surface area (Å²) < 4.78 is 22.1. The number of rotatable bonds is 5. The molecule has 2 aromatic rings. The van der Waals surface area contributed by atoms with E-state index in [2.05, 4.69) is 26.0 Å². The standard InChI is InChI=1S/C19H22O4/c1-5-21-14-8-6-13(7-9-14)19(2,3)15-10-17-18(23-12-22-17)11-16(15)20-4/h6-11H,5,12H2,1-4H3. The van der Waals surface area contributed by atoms with E-state index in [9.17, 15) is 0 Å². The highest BCUT2D eigenvalue weighted by molar-refractivity contribution is 5.56. The molecule has 0 saturated heterocycles. The van der Waals surface area contributed by atoms with Crippen LogP contribution in [0.1, 0.15) is 31.9 Å². The molecule has 0 unspecified atom stereocenters. The second-order valence-corrected chi connectivity index (χ2v) is 5.99. The molecule has 122 valence electrons. The Bertz CT molecular complexity index is 689. The van der Waals surface area contributed by atoms with Crippen LogP contribution in [-0.4, -0.2) is 20.5 Å². The summed E-state index contributed by atoms with van der Waals surface area (Å²) in [6, 6.07) is 12.1. The molecular formula is C19H22O4. The lowest BCUT2D eigenvalue weighted by Gasteiger charge is -2.28. The lowest BCUT2D eigenvalue weighted by atomic mass is 9.77. The highest BCUT2D eigenvalue weighted by Gasteiger charge is 2.30. The number of hydrogen-bond donors (Lipinski definition) is 0. The molecule has 1 aliphatic heterocycles. The second kappa shape index (κ2) is 6.03. The third-order valence-corrected chi connectivity index (χ3v) is 4.26. The van der Waals surface area contributed by atoms with Crippen LogP contribution in [0.2, 0.25) is 0 Å². The first-order chi connectivity index (χ1) is 11.1. The Morgan fingerprint density at radius 1 is 1.04 bits per heavy atom. The molecule has 0 aromatic heterocycles. The second-order valence-electron chi connectivity index (χ2n) is 5.99. The van der Waals surface area contributed by atoms with Gasteiger partial charge in [-0.15, -0.1) is 0 Å². The summed E-state index contributed by atoms with van der Waals surface area (Å²) in [5, 5.41) is 0. The van der Waals surface area contributed by atoms with Crippen LogP contribution < -0.4 is 18.9 Å². The van der Waals surface area contributed by atoms with Crippen LogP contribution in [0.5, 0.6) is 23.0 Å². The molecule has 0 spiro atoms. The summed E-state index contributed by atoms with van der Waals surface area (Å²) >= 11 is 0. The Balaban J connectivity index is 2.01. The van der Waals surface area contributed by atoms with E-state index in [0.717, 1.165) is 28.6 Å². The van der Waals surface area contributed by atoms with Gasteiger partial charge in [0, 0.05) is 17.0 Å². The average molecular weight is 314 g/mol. The number of fused-ring (bicyclic) bond motifs is 1. The minimum absolute atomic E-state index is 0.239. The summed E-state index contributed by atoms with van der Waals surface area (Å²) in [6.45, 7) is 7.24. The van der Waals surface area contributed by atoms with Gasteiger partial charge in [-0.2, -0.15) is 0 Å². The van der Waals surface area contributed by atoms with Crippen LogP contribution in [0.3, 0.4) is 0 Å². The van der Waals surface area contributed by atoms with Crippen LogP contribution >= 0.6 is 0 Å². The van der Waals surface area contributed by atoms with E-state index in [1.54, 1.807) is 7.11 Å². The third kappa shape index (κ3) is 2.81. The minimum atomic E-state index is -0.239. The lowest BCUT2D eigenvalue weighted by molar-refractivity contribution is 0.174. The Morgan fingerprint density at radius 3 is 2.30 bits per heavy atom. The Kier molecular flexibility index (Phi) is 4.07. The Hall–Kier alpha value is -2.36. The molecule has 2 aromatic carbocycles. The van der Waals surface area contributed by atoms with Crippen LogP contribution in [-0.2, 0) is 5.41 Å². The van der Waals surface area contributed by atoms with E-state index in [1.807, 2.05) is 31.2 Å². The van der Waals surface area contributed by atoms with Gasteiger partial charge < -0.3 is 18.9 Å². The summed E-state index contributed by atoms with van der Waals surface area (Å²) in [5.74, 6) is 3.17. The zero-order valence-corrected chi connectivity index (χ0v) is 14.0. The third-order valence-electron chi connectivity index (χ3n) is 4.26. The van der Waals surface area contributed by atoms with Gasteiger partial charge in [0.2, 0.25) is 6.79 Å². The number of ether oxygens (including phenoxy) is 4. The van der Waals surface area contributed by atoms with Gasteiger partial charge in [-0.1, -0.05) is 26.0 Å². The summed E-state index contributed by atoms with van der Waals surface area (Å²) in [5.41, 5.74) is 2.00. The molecule has 4 nitrogen and oxygen atoms in total. The molecule has 0 amide bonds. The molecule has 0 aliphatic carbocycles. The molecule has 23 heavy (non-hydrogen) atoms. The zero-order chi connectivity index (χ0) is 16.4. The molecular weight excluding hydrogens is 292 g/mol. The normalized spacial score (nSPS) is 13.0. The maximum Gasteiger partial charge on any atom is 0.231 e. The van der Waals surface area contributed by atoms with Crippen molar-refractivity contribution < 1.29 is 18.9 Å². The first kappa shape index (κ1) is 15.5. The Morgan fingerprint density at radius 2 is 1.70 bits per heavy atom. The van der Waals surface area contributed by atoms with E-state index in [4.69, 9.17) is 18.9 Å². The van der Waals surface area contributed by atoms with Crippen molar-refractivity contribution in [1.29, 1.82) is 0 Å². The molecule has 0 saturated carbocycles. The summed E-state index contributed by atoms with van der Waals surface area (Å²) in [6.07, 6.45) is 0. The van der Waals surface area contributed by atoms with Crippen molar-refractivity contribution in [2.45, 2.75) is 26.2 Å². The minimum Gasteiger partial charge on any atom is -0.496 e. The van der Waals surface area contributed by atoms with Gasteiger partial charge in [0.1, 0.15) is 11.5 Å². The van der Waals surface area contributed by atoms with Crippen molar-refractivity contribution in [3.05, 3.63) is 47.5 Å². The van der Waals surface area contributed by atoms with Gasteiger partial charge in [-0.3, -0.25) is 0 Å². The molecule has 1 heterocycles. The maximum atomic E-state index is 5.58. The lowest BCUT2D eigenvalue weighted by Crippen LogP contribution is -2.20. The van der Waals surface area contributed by atoms with Crippen LogP contribution in [0.4, 0.5) is 0 Å². The van der Waals surface area contributed by atoms with Gasteiger partial charge in [0.25, 0.3) is 0 Å². The number of methoxy groups -OCH3 is 1. The predicted molar refractivity (Wildman–Crippen MR) is 88.9 cm³/mol. The van der Waals surface area contributed by atoms with Gasteiger partial charge >= 0.3 is 0 Å². The molecule has 0 radical (unpaired) electrons. The monoisotopic (exact) mass is 314 g/mol. The SMILES string of the molecule is CCOc1ccc(C(C)(C)c2cc3c(cc2OC)OCO3)cc1. The zero-order valence-electron chi connectivity index (χ0n) is 14.0. The fourth-order valence-corrected chi connectivity index (χ4v) is 2.87. The quantitative estimate of drug-likeness (QED) is 0.831. The van der Waals surface area contributed by atoms with Crippen molar-refractivity contribution in [2.24, 2.45) is 0 Å². The van der Waals surface area contributed by atoms with E-state index in [-0.39, 0.29) is 12.2 Å². The molecule has 1 aliphatic rings. The molecule has 4 heteroatoms. The van der Waals surface area contributed by atoms with Gasteiger partial charge in [0.05, 0.1) is 13.7 Å². The van der Waals surface area contributed by atoms with Crippen LogP contribution in [0.15, 0.2) is 36.4 Å². The molecule has 0 atom stereocenters. The highest BCUT2D eigenvalue weighted by Crippen LogP contribution is 2.45. The van der Waals surface area contributed by atoms with Crippen molar-refractivity contribution >= 4 is 0 Å². The van der Waals surface area contributed by atoms with Crippen LogP contribution in [0, 0.1) is 0 Å². The predicted octanol–water partition coefficient (Wildman–Crippen LogP) is 4.15. The largest absolute Gasteiger partial charge is 0.496 e. The summed E-state index contributed by atoms with van der Waals surface area (Å²) in [7, 11) is 1.68. The van der Waals surface area contributed by atoms with Crippen molar-refractivity contribution in [2.75, 3.05) is 20.5 Å². The first-order valence-corrected chi connectivity index (χ1v) is 7.77. The molecule has 0 N–H and O–H groups in total. The maximum absolute atomic E-state index is 5.58. The van der Waals surface area contributed by atoms with Gasteiger partial charge in [-0.05, 0) is 30.7 Å². The van der Waals surface area contributed by atoms with E-state index < -0.39 is 0 Å². The topological polar surface area (TPSA) is 36.9 Å². The number of benzene rings is 2. The van der Waals surface area contributed by atoms with Gasteiger partial charge in [-0.25, -0.2) is 0 Å². The fraction of sp³-hybridized carbons (Fsp3) is 0.368. The van der Waals surface area contributed by atoms with E-state index in [0.29, 0.717) is 6.61 Å². The Labute approximate surface area is 136 Å². The molecule has 0 bridgehead atoms. The van der Waals surface area contributed by atoms with Crippen molar-refractivity contribution in [3.63, 3.8) is 0 Å². The fourth-order valence-electron chi connectivity index (χ4n) is 2.87. The summed E-state index contributed by atoms with van der Waals surface area (Å²) in [4.78, 5) is 0. The highest BCUT2D eigenvalue weighted by atomic mass is 16.7. The molecule has 0 fully saturated rings. The molecule has 3 rings (SSSR count). The van der Waals surface area contributed by atoms with E-state index in [1.165, 1.54) is 5.56 Å². The van der Waals surface area contributed by atoms with Crippen LogP contribution in [0.25, 0.3) is 0 Å². The average Bonchev–Trinajstić information content (AvgIpc) is 3.02. The smallest absolute Gasteiger partial charge is 0.231 e. The van der Waals surface area contributed by atoms with Gasteiger partial charge in [0.15, 0.2) is 11.5 Å². The van der Waals surface area contributed by atoms with E-state index >= 15 is 0 Å². The first-order valence-electron chi connectivity index (χ1n) is 7.77. The van der Waals surface area contributed by atoms with Crippen molar-refractivity contribution in [1.82, 2.24) is 0 Å².